The Labute approximate surface area is 64.1 Å². The average molecular weight is 156 g/mol. The fourth-order valence-corrected chi connectivity index (χ4v) is 0.749. The van der Waals surface area contributed by atoms with E-state index in [0.717, 1.165) is 0 Å². The maximum atomic E-state index is 5.10. The summed E-state index contributed by atoms with van der Waals surface area (Å²) in [4.78, 5) is 6.68. The quantitative estimate of drug-likeness (QED) is 0.660. The van der Waals surface area contributed by atoms with Crippen molar-refractivity contribution in [2.45, 2.75) is 6.92 Å². The molecular formula is C6H8N2OS. The molecular weight excluding hydrogens is 148 g/mol. The Bertz CT molecular complexity index is 258. The van der Waals surface area contributed by atoms with Crippen LogP contribution in [0.2, 0.25) is 0 Å². The summed E-state index contributed by atoms with van der Waals surface area (Å²) in [5.41, 5.74) is 0. The molecule has 0 radical (unpaired) electrons. The molecule has 1 N–H and O–H groups in total. The molecule has 10 heavy (non-hydrogen) atoms. The minimum Gasteiger partial charge on any atom is -0.478 e. The molecule has 1 heterocycles. The lowest BCUT2D eigenvalue weighted by atomic mass is 10.7. The number of aromatic nitrogens is 2. The molecule has 1 aromatic rings. The Morgan fingerprint density at radius 1 is 1.70 bits per heavy atom. The molecule has 0 unspecified atom stereocenters. The summed E-state index contributed by atoms with van der Waals surface area (Å²) in [6, 6.07) is 0. The summed E-state index contributed by atoms with van der Waals surface area (Å²) in [6.07, 6.45) is 3.16. The molecule has 54 valence electrons. The third-order valence-electron chi connectivity index (χ3n) is 0.930. The van der Waals surface area contributed by atoms with Crippen molar-refractivity contribution in [2.75, 3.05) is 6.61 Å². The lowest BCUT2D eigenvalue weighted by molar-refractivity contribution is 0.325. The molecule has 0 amide bonds. The van der Waals surface area contributed by atoms with Crippen LogP contribution in [-0.2, 0) is 0 Å². The van der Waals surface area contributed by atoms with Crippen LogP contribution in [0.4, 0.5) is 0 Å². The van der Waals surface area contributed by atoms with Gasteiger partial charge in [-0.3, -0.25) is 4.98 Å². The van der Waals surface area contributed by atoms with E-state index >= 15 is 0 Å². The highest BCUT2D eigenvalue weighted by Crippen LogP contribution is 2.00. The Kier molecular flexibility index (Phi) is 2.39. The molecule has 0 aliphatic heterocycles. The fourth-order valence-electron chi connectivity index (χ4n) is 0.587. The number of nitrogens with one attached hydrogen (secondary N) is 1. The van der Waals surface area contributed by atoms with Crippen LogP contribution in [0.5, 0.6) is 5.88 Å². The van der Waals surface area contributed by atoms with Gasteiger partial charge in [0.05, 0.1) is 19.0 Å². The van der Waals surface area contributed by atoms with Gasteiger partial charge in [-0.15, -0.1) is 0 Å². The normalized spacial score (nSPS) is 9.30. The second-order valence-electron chi connectivity index (χ2n) is 1.69. The maximum absolute atomic E-state index is 5.10. The van der Waals surface area contributed by atoms with E-state index in [2.05, 4.69) is 9.97 Å². The highest BCUT2D eigenvalue weighted by molar-refractivity contribution is 7.71. The number of H-pyrrole nitrogens is 1. The van der Waals surface area contributed by atoms with Crippen LogP contribution in [0.25, 0.3) is 0 Å². The summed E-state index contributed by atoms with van der Waals surface area (Å²) in [7, 11) is 0. The first-order valence-corrected chi connectivity index (χ1v) is 3.41. The molecule has 0 atom stereocenters. The number of ether oxygens (including phenoxy) is 1. The number of nitrogens with zero attached hydrogens (tertiary/aromatic N) is 1. The van der Waals surface area contributed by atoms with E-state index in [4.69, 9.17) is 17.0 Å². The van der Waals surface area contributed by atoms with Gasteiger partial charge in [-0.25, -0.2) is 0 Å². The second kappa shape index (κ2) is 3.31. The number of hydrogen-bond donors (Lipinski definition) is 1. The first-order chi connectivity index (χ1) is 4.83. The molecule has 0 aliphatic rings. The first kappa shape index (κ1) is 7.21. The topological polar surface area (TPSA) is 37.9 Å². The summed E-state index contributed by atoms with van der Waals surface area (Å²) in [6.45, 7) is 2.53. The summed E-state index contributed by atoms with van der Waals surface area (Å²) in [5.74, 6) is 0.620. The third kappa shape index (κ3) is 1.80. The van der Waals surface area contributed by atoms with Crippen molar-refractivity contribution in [1.29, 1.82) is 0 Å². The molecule has 4 heteroatoms. The molecule has 0 fully saturated rings. The zero-order chi connectivity index (χ0) is 7.40. The van der Waals surface area contributed by atoms with E-state index in [1.807, 2.05) is 6.92 Å². The second-order valence-corrected chi connectivity index (χ2v) is 2.13. The van der Waals surface area contributed by atoms with Gasteiger partial charge in [-0.05, 0) is 6.92 Å². The van der Waals surface area contributed by atoms with Gasteiger partial charge in [0, 0.05) is 0 Å². The number of rotatable bonds is 2. The van der Waals surface area contributed by atoms with Crippen LogP contribution in [0.3, 0.4) is 0 Å². The summed E-state index contributed by atoms with van der Waals surface area (Å²) < 4.78 is 5.69. The van der Waals surface area contributed by atoms with Gasteiger partial charge in [0.25, 0.3) is 0 Å². The smallest absolute Gasteiger partial charge is 0.210 e. The van der Waals surface area contributed by atoms with Crippen LogP contribution < -0.4 is 4.74 Å². The van der Waals surface area contributed by atoms with Gasteiger partial charge in [0.2, 0.25) is 5.88 Å². The van der Waals surface area contributed by atoms with Crippen molar-refractivity contribution in [3.63, 3.8) is 0 Å². The largest absolute Gasteiger partial charge is 0.478 e. The van der Waals surface area contributed by atoms with Gasteiger partial charge in [-0.2, -0.15) is 0 Å². The van der Waals surface area contributed by atoms with E-state index in [1.165, 1.54) is 0 Å². The third-order valence-corrected chi connectivity index (χ3v) is 1.14. The zero-order valence-electron chi connectivity index (χ0n) is 5.63. The summed E-state index contributed by atoms with van der Waals surface area (Å²) in [5, 5.41) is 0. The van der Waals surface area contributed by atoms with Crippen LogP contribution in [-0.4, -0.2) is 16.6 Å². The first-order valence-electron chi connectivity index (χ1n) is 3.00. The van der Waals surface area contributed by atoms with Gasteiger partial charge < -0.3 is 9.72 Å². The van der Waals surface area contributed by atoms with Crippen molar-refractivity contribution in [3.05, 3.63) is 17.0 Å². The Morgan fingerprint density at radius 3 is 3.10 bits per heavy atom. The van der Waals surface area contributed by atoms with E-state index in [-0.39, 0.29) is 0 Å². The van der Waals surface area contributed by atoms with Gasteiger partial charge in [-0.1, -0.05) is 12.2 Å². The molecule has 0 saturated carbocycles. The number of aromatic amines is 1. The molecule has 0 saturated heterocycles. The van der Waals surface area contributed by atoms with Crippen LogP contribution in [0.1, 0.15) is 6.92 Å². The minimum atomic E-state index is 0.589. The lowest BCUT2D eigenvalue weighted by Crippen LogP contribution is -1.94. The zero-order valence-corrected chi connectivity index (χ0v) is 6.44. The average Bonchev–Trinajstić information content (AvgIpc) is 1.88. The van der Waals surface area contributed by atoms with Crippen molar-refractivity contribution in [2.24, 2.45) is 0 Å². The van der Waals surface area contributed by atoms with Crippen LogP contribution in [0, 0.1) is 4.64 Å². The molecule has 0 bridgehead atoms. The Hall–Kier alpha value is -0.900. The molecule has 1 rings (SSSR count). The SMILES string of the molecule is CCOc1cncc(=S)[nH]1. The molecule has 0 spiro atoms. The molecule has 0 aromatic carbocycles. The molecule has 1 aromatic heterocycles. The predicted octanol–water partition coefficient (Wildman–Crippen LogP) is 1.54. The fraction of sp³-hybridized carbons (Fsp3) is 0.333. The van der Waals surface area contributed by atoms with Gasteiger partial charge in [0.1, 0.15) is 4.64 Å². The van der Waals surface area contributed by atoms with E-state index < -0.39 is 0 Å². The maximum Gasteiger partial charge on any atom is 0.210 e. The van der Waals surface area contributed by atoms with Crippen molar-refractivity contribution < 1.29 is 4.74 Å². The number of hydrogen-bond acceptors (Lipinski definition) is 3. The Morgan fingerprint density at radius 2 is 2.50 bits per heavy atom. The van der Waals surface area contributed by atoms with Crippen LogP contribution in [0.15, 0.2) is 12.4 Å². The van der Waals surface area contributed by atoms with E-state index in [1.54, 1.807) is 12.4 Å². The van der Waals surface area contributed by atoms with Crippen LogP contribution >= 0.6 is 12.2 Å². The van der Waals surface area contributed by atoms with E-state index in [9.17, 15) is 0 Å². The minimum absolute atomic E-state index is 0.589. The monoisotopic (exact) mass is 156 g/mol. The van der Waals surface area contributed by atoms with Crippen molar-refractivity contribution in [3.8, 4) is 5.88 Å². The Balaban J connectivity index is 2.85. The summed E-state index contributed by atoms with van der Waals surface area (Å²) >= 11 is 4.82. The van der Waals surface area contributed by atoms with Crippen molar-refractivity contribution >= 4 is 12.2 Å². The molecule has 3 nitrogen and oxygen atoms in total. The van der Waals surface area contributed by atoms with Gasteiger partial charge in [0.15, 0.2) is 0 Å². The molecule has 0 aliphatic carbocycles. The standard InChI is InChI=1S/C6H8N2OS/c1-2-9-5-3-7-4-6(10)8-5/h3-4H,2H2,1H3,(H,8,10). The predicted molar refractivity (Wildman–Crippen MR) is 40.6 cm³/mol. The lowest BCUT2D eigenvalue weighted by Gasteiger charge is -1.99. The highest BCUT2D eigenvalue weighted by Gasteiger charge is 1.87. The van der Waals surface area contributed by atoms with Gasteiger partial charge >= 0.3 is 0 Å². The van der Waals surface area contributed by atoms with E-state index in [0.29, 0.717) is 17.1 Å². The van der Waals surface area contributed by atoms with Crippen molar-refractivity contribution in [1.82, 2.24) is 9.97 Å². The highest BCUT2D eigenvalue weighted by atomic mass is 32.1.